The summed E-state index contributed by atoms with van der Waals surface area (Å²) in [6, 6.07) is 11.4. The molecule has 1 aliphatic rings. The Morgan fingerprint density at radius 2 is 1.56 bits per heavy atom. The molecule has 0 atom stereocenters. The average Bonchev–Trinajstić information content (AvgIpc) is 2.87. The predicted octanol–water partition coefficient (Wildman–Crippen LogP) is 1.56. The number of hydrogen-bond acceptors (Lipinski definition) is 8. The van der Waals surface area contributed by atoms with Crippen molar-refractivity contribution in [1.82, 2.24) is 30.0 Å². The van der Waals surface area contributed by atoms with Gasteiger partial charge in [-0.3, -0.25) is 24.5 Å². The number of nitrogens with zero attached hydrogens (tertiary/aromatic N) is 8. The standard InChI is InChI=1S/C25H33N9O2/c1-2-21-5-3-7-23(29-21)18-32-11-9-27-10-12-33(14-16-34(15-13-32)20-25(35)36)19-24-8-4-6-22(30-24)17-28-31-26/h1,3-8,27H,9-20H2,(H,35,36). The minimum Gasteiger partial charge on any atom is -0.480 e. The Morgan fingerprint density at radius 1 is 0.972 bits per heavy atom. The van der Waals surface area contributed by atoms with Gasteiger partial charge < -0.3 is 10.4 Å². The van der Waals surface area contributed by atoms with Crippen molar-refractivity contribution in [2.24, 2.45) is 5.11 Å². The van der Waals surface area contributed by atoms with E-state index in [9.17, 15) is 9.90 Å². The molecule has 0 aromatic carbocycles. The van der Waals surface area contributed by atoms with Crippen molar-refractivity contribution in [1.29, 1.82) is 0 Å². The first-order valence-electron chi connectivity index (χ1n) is 12.0. The molecule has 0 spiro atoms. The van der Waals surface area contributed by atoms with Gasteiger partial charge in [0.2, 0.25) is 0 Å². The smallest absolute Gasteiger partial charge is 0.317 e. The number of terminal acetylenes is 1. The number of carbonyl (C=O) groups is 1. The van der Waals surface area contributed by atoms with Gasteiger partial charge in [0.25, 0.3) is 0 Å². The lowest BCUT2D eigenvalue weighted by atomic mass is 10.2. The molecular formula is C25H33N9O2. The number of hydrogen-bond donors (Lipinski definition) is 2. The molecule has 2 aromatic heterocycles. The van der Waals surface area contributed by atoms with Gasteiger partial charge in [-0.25, -0.2) is 4.98 Å². The van der Waals surface area contributed by atoms with E-state index in [2.05, 4.69) is 41.0 Å². The Labute approximate surface area is 211 Å². The Morgan fingerprint density at radius 3 is 2.17 bits per heavy atom. The highest BCUT2D eigenvalue weighted by molar-refractivity contribution is 5.69. The molecule has 190 valence electrons. The Bertz CT molecular complexity index is 1080. The van der Waals surface area contributed by atoms with Crippen molar-refractivity contribution in [2.75, 3.05) is 58.9 Å². The molecular weight excluding hydrogens is 458 g/mol. The van der Waals surface area contributed by atoms with Crippen molar-refractivity contribution < 1.29 is 9.90 Å². The average molecular weight is 492 g/mol. The largest absolute Gasteiger partial charge is 0.480 e. The van der Waals surface area contributed by atoms with Gasteiger partial charge in [-0.2, -0.15) is 0 Å². The maximum absolute atomic E-state index is 11.5. The molecule has 0 radical (unpaired) electrons. The predicted molar refractivity (Wildman–Crippen MR) is 137 cm³/mol. The first kappa shape index (κ1) is 27.1. The lowest BCUT2D eigenvalue weighted by Gasteiger charge is -2.30. The van der Waals surface area contributed by atoms with Crippen LogP contribution < -0.4 is 5.32 Å². The maximum atomic E-state index is 11.5. The number of carboxylic acids is 1. The summed E-state index contributed by atoms with van der Waals surface area (Å²) in [5.74, 6) is 1.74. The zero-order valence-corrected chi connectivity index (χ0v) is 20.5. The lowest BCUT2D eigenvalue weighted by molar-refractivity contribution is -0.138. The van der Waals surface area contributed by atoms with E-state index >= 15 is 0 Å². The van der Waals surface area contributed by atoms with Crippen LogP contribution in [0.4, 0.5) is 0 Å². The maximum Gasteiger partial charge on any atom is 0.317 e. The number of azide groups is 1. The number of aromatic nitrogens is 2. The number of aliphatic carboxylic acids is 1. The van der Waals surface area contributed by atoms with Crippen LogP contribution in [0.2, 0.25) is 0 Å². The van der Waals surface area contributed by atoms with Gasteiger partial charge in [-0.05, 0) is 29.8 Å². The van der Waals surface area contributed by atoms with Crippen LogP contribution in [0, 0.1) is 12.3 Å². The van der Waals surface area contributed by atoms with E-state index in [-0.39, 0.29) is 13.1 Å². The van der Waals surface area contributed by atoms with Crippen molar-refractivity contribution in [3.05, 3.63) is 69.6 Å². The quantitative estimate of drug-likeness (QED) is 0.246. The molecule has 1 saturated heterocycles. The third-order valence-corrected chi connectivity index (χ3v) is 5.92. The molecule has 3 heterocycles. The summed E-state index contributed by atoms with van der Waals surface area (Å²) in [6.07, 6.45) is 5.50. The Kier molecular flexibility index (Phi) is 11.1. The second-order valence-corrected chi connectivity index (χ2v) is 8.64. The minimum atomic E-state index is -0.835. The van der Waals surface area contributed by atoms with Gasteiger partial charge in [0.05, 0.1) is 24.5 Å². The summed E-state index contributed by atoms with van der Waals surface area (Å²) in [5, 5.41) is 16.6. The van der Waals surface area contributed by atoms with Crippen LogP contribution in [0.3, 0.4) is 0 Å². The second kappa shape index (κ2) is 14.8. The van der Waals surface area contributed by atoms with Crippen LogP contribution >= 0.6 is 0 Å². The zero-order valence-electron chi connectivity index (χ0n) is 20.5. The Hall–Kier alpha value is -3.52. The fourth-order valence-electron chi connectivity index (χ4n) is 4.08. The van der Waals surface area contributed by atoms with E-state index < -0.39 is 5.97 Å². The molecule has 11 nitrogen and oxygen atoms in total. The number of pyridine rings is 2. The van der Waals surface area contributed by atoms with Crippen molar-refractivity contribution in [3.8, 4) is 12.3 Å². The topological polar surface area (TPSA) is 134 Å². The Balaban J connectivity index is 1.64. The number of carboxylic acid groups (broad SMARTS) is 1. The van der Waals surface area contributed by atoms with Crippen LogP contribution in [0.25, 0.3) is 10.4 Å². The molecule has 2 aromatic rings. The second-order valence-electron chi connectivity index (χ2n) is 8.64. The summed E-state index contributed by atoms with van der Waals surface area (Å²) in [7, 11) is 0. The highest BCUT2D eigenvalue weighted by atomic mass is 16.4. The summed E-state index contributed by atoms with van der Waals surface area (Å²) in [5.41, 5.74) is 11.7. The first-order chi connectivity index (χ1) is 17.6. The summed E-state index contributed by atoms with van der Waals surface area (Å²) < 4.78 is 0. The van der Waals surface area contributed by atoms with Gasteiger partial charge in [-0.15, -0.1) is 6.42 Å². The van der Waals surface area contributed by atoms with E-state index in [1.807, 2.05) is 41.3 Å². The fourth-order valence-corrected chi connectivity index (χ4v) is 4.08. The van der Waals surface area contributed by atoms with E-state index in [0.29, 0.717) is 38.4 Å². The molecule has 0 unspecified atom stereocenters. The molecule has 1 fully saturated rings. The summed E-state index contributed by atoms with van der Waals surface area (Å²) in [4.78, 5) is 30.0. The zero-order chi connectivity index (χ0) is 25.6. The monoisotopic (exact) mass is 491 g/mol. The molecule has 11 heteroatoms. The molecule has 1 aliphatic heterocycles. The fraction of sp³-hybridized carbons (Fsp3) is 0.480. The van der Waals surface area contributed by atoms with Gasteiger partial charge in [-0.1, -0.05) is 23.2 Å². The lowest BCUT2D eigenvalue weighted by Crippen LogP contribution is -2.45. The SMILES string of the molecule is C#Cc1cccc(CN2CCNCCN(Cc3cccc(CN=[N+]=[N-])n3)CCN(CC(=O)O)CC2)n1. The molecule has 0 aliphatic carbocycles. The molecule has 0 saturated carbocycles. The normalized spacial score (nSPS) is 16.8. The minimum absolute atomic E-state index is 0.00927. The van der Waals surface area contributed by atoms with E-state index in [4.69, 9.17) is 12.0 Å². The van der Waals surface area contributed by atoms with Gasteiger partial charge >= 0.3 is 5.97 Å². The van der Waals surface area contributed by atoms with E-state index in [1.54, 1.807) is 0 Å². The molecule has 2 N–H and O–H groups in total. The first-order valence-corrected chi connectivity index (χ1v) is 12.0. The van der Waals surface area contributed by atoms with Crippen LogP contribution in [-0.2, 0) is 24.4 Å². The van der Waals surface area contributed by atoms with Crippen LogP contribution in [0.5, 0.6) is 0 Å². The highest BCUT2D eigenvalue weighted by Crippen LogP contribution is 2.08. The van der Waals surface area contributed by atoms with Crippen LogP contribution in [0.15, 0.2) is 41.5 Å². The van der Waals surface area contributed by atoms with Gasteiger partial charge in [0, 0.05) is 76.1 Å². The van der Waals surface area contributed by atoms with E-state index in [0.717, 1.165) is 49.8 Å². The summed E-state index contributed by atoms with van der Waals surface area (Å²) in [6.45, 7) is 7.42. The van der Waals surface area contributed by atoms with Crippen LogP contribution in [-0.4, -0.2) is 94.6 Å². The summed E-state index contributed by atoms with van der Waals surface area (Å²) >= 11 is 0. The van der Waals surface area contributed by atoms with E-state index in [1.165, 1.54) is 0 Å². The van der Waals surface area contributed by atoms with Crippen molar-refractivity contribution >= 4 is 5.97 Å². The molecule has 0 bridgehead atoms. The third-order valence-electron chi connectivity index (χ3n) is 5.92. The number of nitrogens with one attached hydrogen (secondary N) is 1. The molecule has 3 rings (SSSR count). The van der Waals surface area contributed by atoms with Crippen molar-refractivity contribution in [2.45, 2.75) is 19.6 Å². The van der Waals surface area contributed by atoms with Crippen LogP contribution in [0.1, 0.15) is 22.8 Å². The van der Waals surface area contributed by atoms with Gasteiger partial charge in [0.1, 0.15) is 5.69 Å². The highest BCUT2D eigenvalue weighted by Gasteiger charge is 2.17. The van der Waals surface area contributed by atoms with Gasteiger partial charge in [0.15, 0.2) is 0 Å². The molecule has 0 amide bonds. The molecule has 36 heavy (non-hydrogen) atoms. The van der Waals surface area contributed by atoms with Crippen molar-refractivity contribution in [3.63, 3.8) is 0 Å². The number of rotatable bonds is 8. The third kappa shape index (κ3) is 9.62.